The zero-order chi connectivity index (χ0) is 24.4. The van der Waals surface area contributed by atoms with E-state index in [9.17, 15) is 9.18 Å². The van der Waals surface area contributed by atoms with Gasteiger partial charge < -0.3 is 20.1 Å². The summed E-state index contributed by atoms with van der Waals surface area (Å²) in [6, 6.07) is 10.6. The zero-order valence-electron chi connectivity index (χ0n) is 21.1. The van der Waals surface area contributed by atoms with E-state index in [1.807, 2.05) is 43.9 Å². The number of hydrogen-bond acceptors (Lipinski definition) is 4. The van der Waals surface area contributed by atoms with Gasteiger partial charge in [-0.3, -0.25) is 4.79 Å². The summed E-state index contributed by atoms with van der Waals surface area (Å²) in [5.41, 5.74) is 9.02. The highest BCUT2D eigenvalue weighted by molar-refractivity contribution is 5.85. The van der Waals surface area contributed by atoms with E-state index in [0.717, 1.165) is 24.0 Å². The molecule has 0 aliphatic heterocycles. The SMILES string of the molecule is CCCc1cc(-c2ccccc2F)c(OCCCOC)cc1CC(=O)N(C(C)C)[C@H](C)CN.Cl. The van der Waals surface area contributed by atoms with Crippen molar-refractivity contribution in [2.24, 2.45) is 5.73 Å². The number of carbonyl (C=O) groups excluding carboxylic acids is 1. The Bertz CT molecular complexity index is 907. The van der Waals surface area contributed by atoms with Gasteiger partial charge in [-0.2, -0.15) is 0 Å². The van der Waals surface area contributed by atoms with Crippen molar-refractivity contribution in [2.45, 2.75) is 65.5 Å². The van der Waals surface area contributed by atoms with Crippen LogP contribution >= 0.6 is 12.4 Å². The predicted octanol–water partition coefficient (Wildman–Crippen LogP) is 5.41. The van der Waals surface area contributed by atoms with Crippen LogP contribution in [0.15, 0.2) is 36.4 Å². The molecular weight excluding hydrogens is 455 g/mol. The van der Waals surface area contributed by atoms with Crippen LogP contribution in [0.4, 0.5) is 4.39 Å². The minimum atomic E-state index is -0.298. The summed E-state index contributed by atoms with van der Waals surface area (Å²) in [6.07, 6.45) is 2.68. The van der Waals surface area contributed by atoms with Crippen molar-refractivity contribution in [1.29, 1.82) is 0 Å². The number of amides is 1. The normalized spacial score (nSPS) is 11.8. The Balaban J connectivity index is 0.00000578. The maximum absolute atomic E-state index is 14.7. The number of methoxy groups -OCH3 is 1. The van der Waals surface area contributed by atoms with Crippen LogP contribution in [0.25, 0.3) is 11.1 Å². The van der Waals surface area contributed by atoms with Gasteiger partial charge in [-0.05, 0) is 56.5 Å². The van der Waals surface area contributed by atoms with Crippen molar-refractivity contribution in [2.75, 3.05) is 26.9 Å². The van der Waals surface area contributed by atoms with Gasteiger partial charge in [-0.25, -0.2) is 4.39 Å². The van der Waals surface area contributed by atoms with Gasteiger partial charge in [-0.1, -0.05) is 31.5 Å². The topological polar surface area (TPSA) is 64.8 Å². The maximum atomic E-state index is 14.7. The molecule has 0 unspecified atom stereocenters. The Morgan fingerprint density at radius 2 is 1.79 bits per heavy atom. The molecule has 0 aliphatic rings. The lowest BCUT2D eigenvalue weighted by molar-refractivity contribution is -0.134. The van der Waals surface area contributed by atoms with Gasteiger partial charge in [0.05, 0.1) is 13.0 Å². The Morgan fingerprint density at radius 3 is 2.38 bits per heavy atom. The number of nitrogens with two attached hydrogens (primary N) is 1. The Kier molecular flexibility index (Phi) is 13.2. The van der Waals surface area contributed by atoms with Crippen molar-refractivity contribution in [3.05, 3.63) is 53.3 Å². The minimum absolute atomic E-state index is 0. The monoisotopic (exact) mass is 494 g/mol. The third-order valence-corrected chi connectivity index (χ3v) is 5.74. The third-order valence-electron chi connectivity index (χ3n) is 5.74. The first-order valence-corrected chi connectivity index (χ1v) is 11.9. The highest BCUT2D eigenvalue weighted by atomic mass is 35.5. The largest absolute Gasteiger partial charge is 0.493 e. The van der Waals surface area contributed by atoms with Crippen LogP contribution < -0.4 is 10.5 Å². The number of rotatable bonds is 13. The second-order valence-electron chi connectivity index (χ2n) is 8.70. The minimum Gasteiger partial charge on any atom is -0.493 e. The van der Waals surface area contributed by atoms with Crippen LogP contribution in [0, 0.1) is 5.82 Å². The van der Waals surface area contributed by atoms with Gasteiger partial charge in [0.25, 0.3) is 0 Å². The molecule has 0 spiro atoms. The molecule has 0 heterocycles. The first-order valence-electron chi connectivity index (χ1n) is 11.9. The molecule has 0 aliphatic carbocycles. The molecule has 0 aromatic heterocycles. The summed E-state index contributed by atoms with van der Waals surface area (Å²) in [7, 11) is 1.65. The van der Waals surface area contributed by atoms with Gasteiger partial charge in [0.1, 0.15) is 11.6 Å². The molecule has 34 heavy (non-hydrogen) atoms. The van der Waals surface area contributed by atoms with E-state index in [1.165, 1.54) is 6.07 Å². The van der Waals surface area contributed by atoms with Gasteiger partial charge in [-0.15, -0.1) is 12.4 Å². The van der Waals surface area contributed by atoms with Gasteiger partial charge >= 0.3 is 0 Å². The molecule has 0 radical (unpaired) electrons. The van der Waals surface area contributed by atoms with Crippen molar-refractivity contribution in [3.8, 4) is 16.9 Å². The lowest BCUT2D eigenvalue weighted by Crippen LogP contribution is -2.47. The van der Waals surface area contributed by atoms with Crippen molar-refractivity contribution < 1.29 is 18.7 Å². The second-order valence-corrected chi connectivity index (χ2v) is 8.70. The first-order chi connectivity index (χ1) is 15.8. The average molecular weight is 495 g/mol. The number of halogens is 2. The number of aryl methyl sites for hydroxylation is 1. The summed E-state index contributed by atoms with van der Waals surface area (Å²) in [4.78, 5) is 15.1. The Labute approximate surface area is 210 Å². The fraction of sp³-hybridized carbons (Fsp3) is 0.519. The van der Waals surface area contributed by atoms with Crippen LogP contribution in [-0.4, -0.2) is 49.8 Å². The molecule has 2 aromatic rings. The molecule has 2 N–H and O–H groups in total. The number of nitrogens with zero attached hydrogens (tertiary/aromatic N) is 1. The molecule has 0 bridgehead atoms. The summed E-state index contributed by atoms with van der Waals surface area (Å²) in [5, 5.41) is 0. The third kappa shape index (κ3) is 7.97. The summed E-state index contributed by atoms with van der Waals surface area (Å²) in [6.45, 7) is 9.50. The molecule has 5 nitrogen and oxygen atoms in total. The smallest absolute Gasteiger partial charge is 0.227 e. The molecule has 0 saturated carbocycles. The van der Waals surface area contributed by atoms with Crippen molar-refractivity contribution >= 4 is 18.3 Å². The average Bonchev–Trinajstić information content (AvgIpc) is 2.78. The number of hydrogen-bond donors (Lipinski definition) is 1. The van der Waals surface area contributed by atoms with Crippen molar-refractivity contribution in [1.82, 2.24) is 4.90 Å². The van der Waals surface area contributed by atoms with Gasteiger partial charge in [0, 0.05) is 49.9 Å². The van der Waals surface area contributed by atoms with Gasteiger partial charge in [0.2, 0.25) is 5.91 Å². The number of carbonyl (C=O) groups is 1. The fourth-order valence-corrected chi connectivity index (χ4v) is 4.14. The van der Waals surface area contributed by atoms with E-state index in [1.54, 1.807) is 19.2 Å². The zero-order valence-corrected chi connectivity index (χ0v) is 21.9. The molecule has 7 heteroatoms. The number of ether oxygens (including phenoxy) is 2. The highest BCUT2D eigenvalue weighted by Gasteiger charge is 2.24. The Morgan fingerprint density at radius 1 is 1.09 bits per heavy atom. The standard InChI is InChI=1S/C27H39FN2O3.ClH/c1-6-10-21-15-24(23-11-7-8-12-25(23)28)26(33-14-9-13-32-5)16-22(21)17-27(31)30(19(2)3)20(4)18-29;/h7-8,11-12,15-16,19-20H,6,9-10,13-14,17-18,29H2,1-5H3;1H/t20-;/m1./s1. The molecule has 2 rings (SSSR count). The van der Waals surface area contributed by atoms with E-state index in [0.29, 0.717) is 43.1 Å². The quantitative estimate of drug-likeness (QED) is 0.378. The highest BCUT2D eigenvalue weighted by Crippen LogP contribution is 2.35. The van der Waals surface area contributed by atoms with E-state index < -0.39 is 0 Å². The van der Waals surface area contributed by atoms with Gasteiger partial charge in [0.15, 0.2) is 0 Å². The van der Waals surface area contributed by atoms with E-state index in [4.69, 9.17) is 15.2 Å². The molecular formula is C27H40ClFN2O3. The molecule has 0 saturated heterocycles. The lowest BCUT2D eigenvalue weighted by atomic mass is 9.93. The molecule has 1 amide bonds. The van der Waals surface area contributed by atoms with E-state index in [-0.39, 0.29) is 42.6 Å². The van der Waals surface area contributed by atoms with Crippen LogP contribution in [0.3, 0.4) is 0 Å². The van der Waals surface area contributed by atoms with E-state index >= 15 is 0 Å². The summed E-state index contributed by atoms with van der Waals surface area (Å²) >= 11 is 0. The first kappa shape index (κ1) is 29.9. The Hall–Kier alpha value is -2.15. The maximum Gasteiger partial charge on any atom is 0.227 e. The van der Waals surface area contributed by atoms with Crippen LogP contribution in [0.1, 0.15) is 51.7 Å². The van der Waals surface area contributed by atoms with Crippen molar-refractivity contribution in [3.63, 3.8) is 0 Å². The van der Waals surface area contributed by atoms with E-state index in [2.05, 4.69) is 6.92 Å². The number of benzene rings is 2. The lowest BCUT2D eigenvalue weighted by Gasteiger charge is -2.32. The molecule has 2 aromatic carbocycles. The molecule has 190 valence electrons. The molecule has 1 atom stereocenters. The second kappa shape index (κ2) is 15.0. The predicted molar refractivity (Wildman–Crippen MR) is 139 cm³/mol. The van der Waals surface area contributed by atoms with Crippen LogP contribution in [0.5, 0.6) is 5.75 Å². The fourth-order valence-electron chi connectivity index (χ4n) is 4.14. The summed E-state index contributed by atoms with van der Waals surface area (Å²) in [5.74, 6) is 0.319. The van der Waals surface area contributed by atoms with Crippen LogP contribution in [0.2, 0.25) is 0 Å². The van der Waals surface area contributed by atoms with Crippen LogP contribution in [-0.2, 0) is 22.4 Å². The molecule has 0 fully saturated rings. The summed E-state index contributed by atoms with van der Waals surface area (Å²) < 4.78 is 25.9.